The van der Waals surface area contributed by atoms with Crippen molar-refractivity contribution in [2.24, 2.45) is 0 Å². The van der Waals surface area contributed by atoms with E-state index in [0.29, 0.717) is 13.0 Å². The Balaban J connectivity index is 1.80. The average molecular weight is 373 g/mol. The van der Waals surface area contributed by atoms with Gasteiger partial charge in [-0.3, -0.25) is 4.79 Å². The van der Waals surface area contributed by atoms with E-state index < -0.39 is 27.2 Å². The summed E-state index contributed by atoms with van der Waals surface area (Å²) >= 11 is 0. The lowest BCUT2D eigenvalue weighted by molar-refractivity contribution is -0.143. The third kappa shape index (κ3) is 3.97. The van der Waals surface area contributed by atoms with Crippen molar-refractivity contribution in [1.82, 2.24) is 4.90 Å². The maximum absolute atomic E-state index is 12.9. The summed E-state index contributed by atoms with van der Waals surface area (Å²) in [4.78, 5) is 14.7. The summed E-state index contributed by atoms with van der Waals surface area (Å²) in [5.41, 5.74) is 0.255. The van der Waals surface area contributed by atoms with Crippen LogP contribution in [0.15, 0.2) is 65.6 Å². The molecule has 0 saturated carbocycles. The van der Waals surface area contributed by atoms with Crippen LogP contribution in [0.1, 0.15) is 19.4 Å². The highest BCUT2D eigenvalue weighted by Gasteiger charge is 2.44. The summed E-state index contributed by atoms with van der Waals surface area (Å²) < 4.78 is 31.0. The minimum atomic E-state index is -3.69. The molecule has 0 aromatic heterocycles. The van der Waals surface area contributed by atoms with Crippen molar-refractivity contribution in [3.63, 3.8) is 0 Å². The molecule has 6 heteroatoms. The number of sulfone groups is 1. The number of carbonyl (C=O) groups excluding carboxylic acids is 1. The Labute approximate surface area is 154 Å². The average Bonchev–Trinajstić information content (AvgIpc) is 2.90. The normalized spacial score (nSPS) is 19.5. The van der Waals surface area contributed by atoms with Crippen LogP contribution in [0.4, 0.5) is 0 Å². The highest BCUT2D eigenvalue weighted by Crippen LogP contribution is 2.30. The number of hydrogen-bond acceptors (Lipinski definition) is 4. The first-order valence-electron chi connectivity index (χ1n) is 8.57. The van der Waals surface area contributed by atoms with Gasteiger partial charge < -0.3 is 9.64 Å². The molecule has 2 aromatic carbocycles. The minimum absolute atomic E-state index is 0.158. The summed E-state index contributed by atoms with van der Waals surface area (Å²) in [5.74, 6) is -0.993. The molecule has 0 aliphatic carbocycles. The molecule has 1 unspecified atom stereocenters. The second kappa shape index (κ2) is 7.21. The van der Waals surface area contributed by atoms with Crippen LogP contribution in [-0.4, -0.2) is 43.4 Å². The Morgan fingerprint density at radius 2 is 1.65 bits per heavy atom. The molecule has 3 rings (SSSR count). The second-order valence-corrected chi connectivity index (χ2v) is 8.93. The van der Waals surface area contributed by atoms with Gasteiger partial charge >= 0.3 is 0 Å². The molecule has 26 heavy (non-hydrogen) atoms. The van der Waals surface area contributed by atoms with Gasteiger partial charge in [-0.1, -0.05) is 48.5 Å². The molecule has 1 aliphatic heterocycles. The van der Waals surface area contributed by atoms with E-state index in [-0.39, 0.29) is 10.9 Å². The molecule has 1 heterocycles. The fraction of sp³-hybridized carbons (Fsp3) is 0.350. The van der Waals surface area contributed by atoms with Crippen molar-refractivity contribution in [2.45, 2.75) is 36.9 Å². The van der Waals surface area contributed by atoms with E-state index >= 15 is 0 Å². The Morgan fingerprint density at radius 3 is 2.27 bits per heavy atom. The lowest BCUT2D eigenvalue weighted by atomic mass is 10.0. The molecule has 1 saturated heterocycles. The van der Waals surface area contributed by atoms with E-state index in [1.54, 1.807) is 36.9 Å². The van der Waals surface area contributed by atoms with Gasteiger partial charge in [0.2, 0.25) is 5.91 Å². The zero-order chi connectivity index (χ0) is 18.8. The SMILES string of the molecule is CC1(C)OCC(Cc2ccccc2)N1C(=O)CS(=O)(=O)c1ccccc1. The van der Waals surface area contributed by atoms with Crippen molar-refractivity contribution < 1.29 is 17.9 Å². The Morgan fingerprint density at radius 1 is 1.08 bits per heavy atom. The molecule has 0 bridgehead atoms. The topological polar surface area (TPSA) is 63.7 Å². The van der Waals surface area contributed by atoms with Crippen LogP contribution in [-0.2, 0) is 25.8 Å². The van der Waals surface area contributed by atoms with Crippen molar-refractivity contribution in [1.29, 1.82) is 0 Å². The monoisotopic (exact) mass is 373 g/mol. The molecule has 1 atom stereocenters. The maximum Gasteiger partial charge on any atom is 0.240 e. The van der Waals surface area contributed by atoms with E-state index in [0.717, 1.165) is 5.56 Å². The summed E-state index contributed by atoms with van der Waals surface area (Å²) in [6.07, 6.45) is 0.626. The molecule has 0 N–H and O–H groups in total. The summed E-state index contributed by atoms with van der Waals surface area (Å²) in [5, 5.41) is 0. The Hall–Kier alpha value is -2.18. The smallest absolute Gasteiger partial charge is 0.240 e. The van der Waals surface area contributed by atoms with Crippen molar-refractivity contribution in [2.75, 3.05) is 12.4 Å². The molecule has 0 radical (unpaired) electrons. The van der Waals surface area contributed by atoms with Crippen LogP contribution in [0.5, 0.6) is 0 Å². The number of rotatable bonds is 5. The third-order valence-electron chi connectivity index (χ3n) is 4.57. The third-order valence-corrected chi connectivity index (χ3v) is 6.19. The fourth-order valence-corrected chi connectivity index (χ4v) is 4.57. The molecule has 1 aliphatic rings. The lowest BCUT2D eigenvalue weighted by Crippen LogP contribution is -2.50. The van der Waals surface area contributed by atoms with E-state index in [1.165, 1.54) is 12.1 Å². The van der Waals surface area contributed by atoms with Crippen LogP contribution in [0, 0.1) is 0 Å². The fourth-order valence-electron chi connectivity index (χ4n) is 3.37. The highest BCUT2D eigenvalue weighted by atomic mass is 32.2. The number of benzene rings is 2. The molecule has 1 fully saturated rings. The van der Waals surface area contributed by atoms with E-state index in [9.17, 15) is 13.2 Å². The van der Waals surface area contributed by atoms with Gasteiger partial charge in [0.15, 0.2) is 9.84 Å². The van der Waals surface area contributed by atoms with Gasteiger partial charge in [-0.25, -0.2) is 8.42 Å². The zero-order valence-corrected chi connectivity index (χ0v) is 15.8. The van der Waals surface area contributed by atoms with Crippen LogP contribution in [0.3, 0.4) is 0 Å². The van der Waals surface area contributed by atoms with Gasteiger partial charge in [0.25, 0.3) is 0 Å². The van der Waals surface area contributed by atoms with Gasteiger partial charge in [-0.15, -0.1) is 0 Å². The second-order valence-electron chi connectivity index (χ2n) is 6.94. The van der Waals surface area contributed by atoms with Crippen molar-refractivity contribution in [3.05, 3.63) is 66.2 Å². The summed E-state index contributed by atoms with van der Waals surface area (Å²) in [6, 6.07) is 17.7. The molecule has 5 nitrogen and oxygen atoms in total. The van der Waals surface area contributed by atoms with Crippen LogP contribution >= 0.6 is 0 Å². The number of carbonyl (C=O) groups is 1. The molecule has 0 spiro atoms. The number of amides is 1. The summed E-state index contributed by atoms with van der Waals surface area (Å²) in [6.45, 7) is 3.98. The van der Waals surface area contributed by atoms with E-state index in [2.05, 4.69) is 0 Å². The highest BCUT2D eigenvalue weighted by molar-refractivity contribution is 7.92. The molecule has 138 valence electrons. The molecule has 2 aromatic rings. The van der Waals surface area contributed by atoms with Crippen molar-refractivity contribution in [3.8, 4) is 0 Å². The number of nitrogens with zero attached hydrogens (tertiary/aromatic N) is 1. The number of hydrogen-bond donors (Lipinski definition) is 0. The van der Waals surface area contributed by atoms with Crippen molar-refractivity contribution >= 4 is 15.7 Å². The zero-order valence-electron chi connectivity index (χ0n) is 15.0. The molecule has 1 amide bonds. The lowest BCUT2D eigenvalue weighted by Gasteiger charge is -2.33. The predicted octanol–water partition coefficient (Wildman–Crippen LogP) is 2.67. The van der Waals surface area contributed by atoms with Gasteiger partial charge in [-0.05, 0) is 38.0 Å². The van der Waals surface area contributed by atoms with Gasteiger partial charge in [0, 0.05) is 0 Å². The predicted molar refractivity (Wildman–Crippen MR) is 99.3 cm³/mol. The van der Waals surface area contributed by atoms with Crippen LogP contribution in [0.2, 0.25) is 0 Å². The Kier molecular flexibility index (Phi) is 5.16. The first kappa shape index (κ1) is 18.6. The molecular formula is C20H23NO4S. The van der Waals surface area contributed by atoms with E-state index in [4.69, 9.17) is 4.74 Å². The quantitative estimate of drug-likeness (QED) is 0.808. The number of ether oxygens (including phenoxy) is 1. The first-order valence-corrected chi connectivity index (χ1v) is 10.2. The van der Waals surface area contributed by atoms with E-state index in [1.807, 2.05) is 30.3 Å². The van der Waals surface area contributed by atoms with Gasteiger partial charge in [0.05, 0.1) is 17.5 Å². The largest absolute Gasteiger partial charge is 0.354 e. The Bertz CT molecular complexity index is 863. The van der Waals surface area contributed by atoms with Crippen LogP contribution < -0.4 is 0 Å². The van der Waals surface area contributed by atoms with Crippen LogP contribution in [0.25, 0.3) is 0 Å². The summed E-state index contributed by atoms with van der Waals surface area (Å²) in [7, 11) is -3.69. The van der Waals surface area contributed by atoms with Gasteiger partial charge in [0.1, 0.15) is 11.5 Å². The molecular weight excluding hydrogens is 350 g/mol. The standard InChI is InChI=1S/C20H23NO4S/c1-20(2)21(17(14-25-20)13-16-9-5-3-6-10-16)19(22)15-26(23,24)18-11-7-4-8-12-18/h3-12,17H,13-15H2,1-2H3. The van der Waals surface area contributed by atoms with Gasteiger partial charge in [-0.2, -0.15) is 0 Å². The maximum atomic E-state index is 12.9. The first-order chi connectivity index (χ1) is 12.3. The minimum Gasteiger partial charge on any atom is -0.354 e.